The van der Waals surface area contributed by atoms with Gasteiger partial charge in [0, 0.05) is 26.2 Å². The van der Waals surface area contributed by atoms with Gasteiger partial charge in [-0.15, -0.1) is 0 Å². The number of nitrogens with two attached hydrogens (primary N) is 1. The molecule has 8 heteroatoms. The third-order valence-corrected chi connectivity index (χ3v) is 5.02. The molecule has 0 bridgehead atoms. The number of carbonyl (C=O) groups excluding carboxylic acids is 1. The number of morpholine rings is 1. The molecule has 0 spiro atoms. The molecular formula is C13H20N4O3S. The third kappa shape index (κ3) is 3.12. The number of thiazole rings is 1. The van der Waals surface area contributed by atoms with E-state index in [2.05, 4.69) is 15.2 Å². The number of ether oxygens (including phenoxy) is 2. The van der Waals surface area contributed by atoms with Gasteiger partial charge in [0.25, 0.3) is 5.91 Å². The van der Waals surface area contributed by atoms with E-state index < -0.39 is 0 Å². The van der Waals surface area contributed by atoms with Crippen molar-refractivity contribution >= 4 is 28.2 Å². The van der Waals surface area contributed by atoms with E-state index in [4.69, 9.17) is 15.2 Å². The number of hydrogen-bond acceptors (Lipinski definition) is 7. The van der Waals surface area contributed by atoms with Crippen molar-refractivity contribution in [3.8, 4) is 0 Å². The van der Waals surface area contributed by atoms with Gasteiger partial charge in [0.1, 0.15) is 10.7 Å². The van der Waals surface area contributed by atoms with Gasteiger partial charge in [-0.25, -0.2) is 4.98 Å². The van der Waals surface area contributed by atoms with Gasteiger partial charge in [-0.2, -0.15) is 0 Å². The first-order valence-corrected chi connectivity index (χ1v) is 7.91. The number of amides is 1. The van der Waals surface area contributed by atoms with E-state index in [1.807, 2.05) is 0 Å². The molecule has 0 unspecified atom stereocenters. The number of nitrogen functional groups attached to an aromatic ring is 1. The average molecular weight is 312 g/mol. The van der Waals surface area contributed by atoms with Crippen LogP contribution in [0.1, 0.15) is 22.5 Å². The zero-order valence-corrected chi connectivity index (χ0v) is 12.8. The molecule has 1 aromatic rings. The standard InChI is InChI=1S/C13H20N4O3S/c1-19-9-6-8(7-9)15-12(18)10-11(14)16-13(21-10)17-2-4-20-5-3-17/h8-9H,2-7,14H2,1H3,(H,15,18). The SMILES string of the molecule is COC1CC(NC(=O)c2sc(N3CCOCC3)nc2N)C1. The van der Waals surface area contributed by atoms with Gasteiger partial charge >= 0.3 is 0 Å². The summed E-state index contributed by atoms with van der Waals surface area (Å²) in [6, 6.07) is 0.177. The van der Waals surface area contributed by atoms with Crippen LogP contribution in [0.25, 0.3) is 0 Å². The fourth-order valence-electron chi connectivity index (χ4n) is 2.50. The Kier molecular flexibility index (Phi) is 4.27. The number of anilines is 2. The Balaban J connectivity index is 1.62. The molecule has 2 fully saturated rings. The molecule has 1 aliphatic carbocycles. The number of rotatable bonds is 4. The maximum Gasteiger partial charge on any atom is 0.265 e. The van der Waals surface area contributed by atoms with Crippen LogP contribution in [0.2, 0.25) is 0 Å². The molecule has 0 aromatic carbocycles. The minimum absolute atomic E-state index is 0.135. The van der Waals surface area contributed by atoms with Crippen LogP contribution in [-0.2, 0) is 9.47 Å². The summed E-state index contributed by atoms with van der Waals surface area (Å²) in [5.41, 5.74) is 5.89. The summed E-state index contributed by atoms with van der Waals surface area (Å²) < 4.78 is 10.5. The molecule has 0 radical (unpaired) electrons. The molecule has 0 atom stereocenters. The molecule has 21 heavy (non-hydrogen) atoms. The van der Waals surface area contributed by atoms with Gasteiger partial charge in [-0.3, -0.25) is 4.79 Å². The van der Waals surface area contributed by atoms with Gasteiger partial charge in [-0.1, -0.05) is 11.3 Å². The second-order valence-corrected chi connectivity index (χ2v) is 6.29. The van der Waals surface area contributed by atoms with E-state index in [9.17, 15) is 4.79 Å². The van der Waals surface area contributed by atoms with Crippen molar-refractivity contribution in [3.63, 3.8) is 0 Å². The fraction of sp³-hybridized carbons (Fsp3) is 0.692. The van der Waals surface area contributed by atoms with Crippen molar-refractivity contribution in [2.75, 3.05) is 44.0 Å². The second kappa shape index (κ2) is 6.17. The lowest BCUT2D eigenvalue weighted by atomic mass is 9.89. The molecule has 2 heterocycles. The fourth-order valence-corrected chi connectivity index (χ4v) is 3.44. The van der Waals surface area contributed by atoms with Crippen LogP contribution in [0.15, 0.2) is 0 Å². The Morgan fingerprint density at radius 1 is 1.48 bits per heavy atom. The van der Waals surface area contributed by atoms with Crippen molar-refractivity contribution in [1.29, 1.82) is 0 Å². The highest BCUT2D eigenvalue weighted by molar-refractivity contribution is 7.18. The van der Waals surface area contributed by atoms with Gasteiger partial charge < -0.3 is 25.4 Å². The summed E-state index contributed by atoms with van der Waals surface area (Å²) in [5.74, 6) is 0.172. The number of hydrogen-bond donors (Lipinski definition) is 2. The van der Waals surface area contributed by atoms with Crippen molar-refractivity contribution in [3.05, 3.63) is 4.88 Å². The first-order valence-electron chi connectivity index (χ1n) is 7.10. The molecule has 1 saturated heterocycles. The Bertz CT molecular complexity index is 510. The lowest BCUT2D eigenvalue weighted by Gasteiger charge is -2.34. The number of methoxy groups -OCH3 is 1. The van der Waals surface area contributed by atoms with Crippen LogP contribution >= 0.6 is 11.3 Å². The van der Waals surface area contributed by atoms with Gasteiger partial charge in [0.05, 0.1) is 19.3 Å². The van der Waals surface area contributed by atoms with Crippen molar-refractivity contribution in [2.45, 2.75) is 25.0 Å². The predicted molar refractivity (Wildman–Crippen MR) is 80.8 cm³/mol. The first-order chi connectivity index (χ1) is 10.2. The van der Waals surface area contributed by atoms with Gasteiger partial charge in [0.15, 0.2) is 5.13 Å². The van der Waals surface area contributed by atoms with Crippen LogP contribution in [0, 0.1) is 0 Å². The smallest absolute Gasteiger partial charge is 0.265 e. The van der Waals surface area contributed by atoms with E-state index in [0.29, 0.717) is 23.9 Å². The zero-order chi connectivity index (χ0) is 14.8. The minimum atomic E-state index is -0.135. The molecule has 7 nitrogen and oxygen atoms in total. The molecule has 3 N–H and O–H groups in total. The Morgan fingerprint density at radius 2 is 2.19 bits per heavy atom. The predicted octanol–water partition coefficient (Wildman–Crippen LogP) is 0.469. The molecule has 2 aliphatic rings. The topological polar surface area (TPSA) is 89.7 Å². The normalized spacial score (nSPS) is 25.5. The lowest BCUT2D eigenvalue weighted by molar-refractivity contribution is 0.0177. The minimum Gasteiger partial charge on any atom is -0.382 e. The highest BCUT2D eigenvalue weighted by Gasteiger charge is 2.31. The molecule has 3 rings (SSSR count). The largest absolute Gasteiger partial charge is 0.382 e. The number of nitrogens with zero attached hydrogens (tertiary/aromatic N) is 2. The average Bonchev–Trinajstić information content (AvgIpc) is 2.85. The monoisotopic (exact) mass is 312 g/mol. The Labute approximate surface area is 127 Å². The van der Waals surface area contributed by atoms with Crippen LogP contribution < -0.4 is 16.0 Å². The van der Waals surface area contributed by atoms with Crippen LogP contribution in [0.5, 0.6) is 0 Å². The Morgan fingerprint density at radius 3 is 2.86 bits per heavy atom. The van der Waals surface area contributed by atoms with Gasteiger partial charge in [-0.05, 0) is 12.8 Å². The molecule has 1 saturated carbocycles. The molecular weight excluding hydrogens is 292 g/mol. The van der Waals surface area contributed by atoms with E-state index in [0.717, 1.165) is 31.1 Å². The maximum atomic E-state index is 12.3. The summed E-state index contributed by atoms with van der Waals surface area (Å²) in [5, 5.41) is 3.78. The first kappa shape index (κ1) is 14.6. The number of aromatic nitrogens is 1. The van der Waals surface area contributed by atoms with Crippen LogP contribution in [0.3, 0.4) is 0 Å². The molecule has 1 amide bonds. The van der Waals surface area contributed by atoms with Crippen LogP contribution in [-0.4, -0.2) is 56.5 Å². The van der Waals surface area contributed by atoms with Gasteiger partial charge in [0.2, 0.25) is 0 Å². The molecule has 1 aromatic heterocycles. The van der Waals surface area contributed by atoms with E-state index in [1.54, 1.807) is 7.11 Å². The number of nitrogens with one attached hydrogen (secondary N) is 1. The maximum absolute atomic E-state index is 12.3. The highest BCUT2D eigenvalue weighted by atomic mass is 32.1. The third-order valence-electron chi connectivity index (χ3n) is 3.89. The summed E-state index contributed by atoms with van der Waals surface area (Å²) in [7, 11) is 1.69. The second-order valence-electron chi connectivity index (χ2n) is 5.31. The summed E-state index contributed by atoms with van der Waals surface area (Å²) in [6.45, 7) is 2.93. The van der Waals surface area contributed by atoms with E-state index >= 15 is 0 Å². The quantitative estimate of drug-likeness (QED) is 0.840. The van der Waals surface area contributed by atoms with E-state index in [-0.39, 0.29) is 18.1 Å². The lowest BCUT2D eigenvalue weighted by Crippen LogP contribution is -2.47. The van der Waals surface area contributed by atoms with Crippen molar-refractivity contribution in [2.24, 2.45) is 0 Å². The summed E-state index contributed by atoms with van der Waals surface area (Å²) in [6.07, 6.45) is 1.98. The summed E-state index contributed by atoms with van der Waals surface area (Å²) in [4.78, 5) is 19.2. The Hall–Kier alpha value is -1.38. The van der Waals surface area contributed by atoms with E-state index in [1.165, 1.54) is 11.3 Å². The van der Waals surface area contributed by atoms with Crippen molar-refractivity contribution < 1.29 is 14.3 Å². The molecule has 1 aliphatic heterocycles. The number of carbonyl (C=O) groups is 1. The summed E-state index contributed by atoms with van der Waals surface area (Å²) >= 11 is 1.35. The zero-order valence-electron chi connectivity index (χ0n) is 12.0. The molecule has 116 valence electrons. The van der Waals surface area contributed by atoms with Crippen molar-refractivity contribution in [1.82, 2.24) is 10.3 Å². The van der Waals surface area contributed by atoms with Crippen LogP contribution in [0.4, 0.5) is 10.9 Å². The highest BCUT2D eigenvalue weighted by Crippen LogP contribution is 2.30.